The molecular weight excluding hydrogens is 472 g/mol. The highest BCUT2D eigenvalue weighted by molar-refractivity contribution is 9.10. The molecule has 0 aliphatic rings. The molecule has 0 bridgehead atoms. The number of nitrogens with zero attached hydrogens (tertiary/aromatic N) is 1. The first-order valence-corrected chi connectivity index (χ1v) is 11.2. The van der Waals surface area contributed by atoms with Crippen LogP contribution in [0, 0.1) is 6.92 Å². The van der Waals surface area contributed by atoms with Crippen molar-refractivity contribution in [2.75, 3.05) is 18.9 Å². The van der Waals surface area contributed by atoms with Gasteiger partial charge in [-0.25, -0.2) is 8.42 Å². The fourth-order valence-electron chi connectivity index (χ4n) is 2.82. The lowest BCUT2D eigenvalue weighted by Gasteiger charge is -2.18. The van der Waals surface area contributed by atoms with Crippen molar-refractivity contribution in [1.82, 2.24) is 4.90 Å². The van der Waals surface area contributed by atoms with E-state index < -0.39 is 10.0 Å². The van der Waals surface area contributed by atoms with Crippen LogP contribution in [0.25, 0.3) is 0 Å². The lowest BCUT2D eigenvalue weighted by molar-refractivity contribution is 0.0774. The third kappa shape index (κ3) is 5.03. The third-order valence-corrected chi connectivity index (χ3v) is 6.27. The fourth-order valence-corrected chi connectivity index (χ4v) is 4.24. The van der Waals surface area contributed by atoms with Crippen molar-refractivity contribution in [3.8, 4) is 5.75 Å². The van der Waals surface area contributed by atoms with Crippen molar-refractivity contribution in [2.45, 2.75) is 18.4 Å². The number of hydrogen-bond acceptors (Lipinski definition) is 5. The molecule has 0 aliphatic heterocycles. The number of methoxy groups -OCH3 is 1. The summed E-state index contributed by atoms with van der Waals surface area (Å²) < 4.78 is 39.2. The highest BCUT2D eigenvalue weighted by Gasteiger charge is 2.21. The molecule has 1 aromatic heterocycles. The summed E-state index contributed by atoms with van der Waals surface area (Å²) in [7, 11) is -0.706. The average Bonchev–Trinajstić information content (AvgIpc) is 3.12. The standard InChI is InChI=1S/C21H21BrN2O5S/c1-14-4-10-18(30(26,27)23-15-5-7-16(28-3)8-6-15)12-19(14)21(25)24(2)13-17-9-11-20(22)29-17/h4-12,23H,13H2,1-3H3. The van der Waals surface area contributed by atoms with E-state index in [0.717, 1.165) is 0 Å². The number of furan rings is 1. The topological polar surface area (TPSA) is 88.8 Å². The largest absolute Gasteiger partial charge is 0.497 e. The van der Waals surface area contributed by atoms with Gasteiger partial charge in [-0.05, 0) is 76.9 Å². The van der Waals surface area contributed by atoms with E-state index in [1.807, 2.05) is 0 Å². The molecule has 2 aromatic carbocycles. The molecule has 1 heterocycles. The van der Waals surface area contributed by atoms with Crippen molar-refractivity contribution >= 4 is 37.5 Å². The molecule has 158 valence electrons. The van der Waals surface area contributed by atoms with Crippen LogP contribution < -0.4 is 9.46 Å². The van der Waals surface area contributed by atoms with E-state index in [9.17, 15) is 13.2 Å². The smallest absolute Gasteiger partial charge is 0.261 e. The van der Waals surface area contributed by atoms with Gasteiger partial charge >= 0.3 is 0 Å². The molecule has 0 unspecified atom stereocenters. The number of carbonyl (C=O) groups excluding carboxylic acids is 1. The summed E-state index contributed by atoms with van der Waals surface area (Å²) >= 11 is 3.23. The number of aryl methyl sites for hydroxylation is 1. The molecule has 0 fully saturated rings. The Bertz CT molecular complexity index is 1160. The van der Waals surface area contributed by atoms with Crippen LogP contribution in [-0.2, 0) is 16.6 Å². The highest BCUT2D eigenvalue weighted by Crippen LogP contribution is 2.23. The van der Waals surface area contributed by atoms with Crippen molar-refractivity contribution in [3.63, 3.8) is 0 Å². The summed E-state index contributed by atoms with van der Waals surface area (Å²) in [5.74, 6) is 0.926. The highest BCUT2D eigenvalue weighted by atomic mass is 79.9. The molecule has 7 nitrogen and oxygen atoms in total. The number of carbonyl (C=O) groups is 1. The van der Waals surface area contributed by atoms with Crippen LogP contribution in [0.3, 0.4) is 0 Å². The summed E-state index contributed by atoms with van der Waals surface area (Å²) in [4.78, 5) is 14.4. The summed E-state index contributed by atoms with van der Waals surface area (Å²) in [6, 6.07) is 14.5. The Morgan fingerprint density at radius 3 is 2.43 bits per heavy atom. The van der Waals surface area contributed by atoms with Crippen molar-refractivity contribution < 1.29 is 22.4 Å². The molecule has 9 heteroatoms. The molecule has 3 rings (SSSR count). The van der Waals surface area contributed by atoms with E-state index in [1.165, 1.54) is 24.1 Å². The van der Waals surface area contributed by atoms with Crippen LogP contribution in [0.15, 0.2) is 68.6 Å². The van der Waals surface area contributed by atoms with Gasteiger partial charge in [0.15, 0.2) is 4.67 Å². The number of amides is 1. The molecule has 3 aromatic rings. The molecule has 1 N–H and O–H groups in total. The minimum Gasteiger partial charge on any atom is -0.497 e. The van der Waals surface area contributed by atoms with Crippen LogP contribution >= 0.6 is 15.9 Å². The second kappa shape index (κ2) is 8.93. The van der Waals surface area contributed by atoms with Crippen LogP contribution in [0.2, 0.25) is 0 Å². The Morgan fingerprint density at radius 2 is 1.83 bits per heavy atom. The number of rotatable bonds is 7. The van der Waals surface area contributed by atoms with Crippen LogP contribution in [-0.4, -0.2) is 33.4 Å². The molecule has 0 atom stereocenters. The summed E-state index contributed by atoms with van der Waals surface area (Å²) in [5.41, 5.74) is 1.38. The number of nitrogens with one attached hydrogen (secondary N) is 1. The predicted molar refractivity (Wildman–Crippen MR) is 117 cm³/mol. The van der Waals surface area contributed by atoms with E-state index >= 15 is 0 Å². The zero-order valence-electron chi connectivity index (χ0n) is 16.7. The van der Waals surface area contributed by atoms with Gasteiger partial charge in [0.2, 0.25) is 0 Å². The SMILES string of the molecule is COc1ccc(NS(=O)(=O)c2ccc(C)c(C(=O)N(C)Cc3ccc(Br)o3)c2)cc1. The van der Waals surface area contributed by atoms with Gasteiger partial charge in [0.25, 0.3) is 15.9 Å². The van der Waals surface area contributed by atoms with Crippen LogP contribution in [0.5, 0.6) is 5.75 Å². The average molecular weight is 493 g/mol. The van der Waals surface area contributed by atoms with Crippen LogP contribution in [0.1, 0.15) is 21.7 Å². The number of anilines is 1. The summed E-state index contributed by atoms with van der Waals surface area (Å²) in [6.45, 7) is 2.02. The normalized spacial score (nSPS) is 11.2. The van der Waals surface area contributed by atoms with Gasteiger partial charge in [0.1, 0.15) is 11.5 Å². The Balaban J connectivity index is 1.83. The minimum absolute atomic E-state index is 0.00131. The molecule has 30 heavy (non-hydrogen) atoms. The van der Waals surface area contributed by atoms with E-state index in [1.54, 1.807) is 56.4 Å². The predicted octanol–water partition coefficient (Wildman–Crippen LogP) is 4.43. The Kier molecular flexibility index (Phi) is 6.52. The lowest BCUT2D eigenvalue weighted by Crippen LogP contribution is -2.27. The maximum Gasteiger partial charge on any atom is 0.261 e. The Morgan fingerprint density at radius 1 is 1.13 bits per heavy atom. The number of halogens is 1. The van der Waals surface area contributed by atoms with Gasteiger partial charge in [-0.15, -0.1) is 0 Å². The Hall–Kier alpha value is -2.78. The molecule has 1 amide bonds. The monoisotopic (exact) mass is 492 g/mol. The van der Waals surface area contributed by atoms with Crippen LogP contribution in [0.4, 0.5) is 5.69 Å². The molecule has 0 saturated carbocycles. The van der Waals surface area contributed by atoms with Gasteiger partial charge in [-0.3, -0.25) is 9.52 Å². The Labute approximate surface area is 183 Å². The summed E-state index contributed by atoms with van der Waals surface area (Å²) in [6.07, 6.45) is 0. The number of ether oxygens (including phenoxy) is 1. The van der Waals surface area contributed by atoms with Gasteiger partial charge < -0.3 is 14.1 Å². The number of benzene rings is 2. The summed E-state index contributed by atoms with van der Waals surface area (Å²) in [5, 5.41) is 0. The van der Waals surface area contributed by atoms with E-state index in [0.29, 0.717) is 33.0 Å². The quantitative estimate of drug-likeness (QED) is 0.526. The van der Waals surface area contributed by atoms with Crippen molar-refractivity contribution in [2.24, 2.45) is 0 Å². The molecule has 0 spiro atoms. The maximum absolute atomic E-state index is 12.9. The first-order valence-electron chi connectivity index (χ1n) is 8.97. The first kappa shape index (κ1) is 21.9. The molecule has 0 saturated heterocycles. The fraction of sp³-hybridized carbons (Fsp3) is 0.190. The molecule has 0 aliphatic carbocycles. The number of hydrogen-bond donors (Lipinski definition) is 1. The lowest BCUT2D eigenvalue weighted by atomic mass is 10.1. The zero-order valence-corrected chi connectivity index (χ0v) is 19.1. The third-order valence-electron chi connectivity index (χ3n) is 4.46. The zero-order chi connectivity index (χ0) is 21.9. The van der Waals surface area contributed by atoms with Crippen molar-refractivity contribution in [1.29, 1.82) is 0 Å². The van der Waals surface area contributed by atoms with Gasteiger partial charge in [-0.1, -0.05) is 6.07 Å². The van der Waals surface area contributed by atoms with Gasteiger partial charge in [0.05, 0.1) is 18.6 Å². The second-order valence-corrected chi connectivity index (χ2v) is 9.14. The van der Waals surface area contributed by atoms with Crippen molar-refractivity contribution in [3.05, 3.63) is 76.2 Å². The maximum atomic E-state index is 12.9. The van der Waals surface area contributed by atoms with E-state index in [2.05, 4.69) is 20.7 Å². The molecule has 0 radical (unpaired) electrons. The number of sulfonamides is 1. The van der Waals surface area contributed by atoms with E-state index in [4.69, 9.17) is 9.15 Å². The minimum atomic E-state index is -3.87. The first-order chi connectivity index (χ1) is 14.2. The van der Waals surface area contributed by atoms with E-state index in [-0.39, 0.29) is 17.3 Å². The second-order valence-electron chi connectivity index (χ2n) is 6.68. The molecular formula is C21H21BrN2O5S. The van der Waals surface area contributed by atoms with Gasteiger partial charge in [0, 0.05) is 18.3 Å². The van der Waals surface area contributed by atoms with Gasteiger partial charge in [-0.2, -0.15) is 0 Å².